The molecule has 1 aromatic rings. The largest absolute Gasteiger partial charge is 0.369 e. The van der Waals surface area contributed by atoms with E-state index in [4.69, 9.17) is 0 Å². The Morgan fingerprint density at radius 1 is 1.05 bits per heavy atom. The number of para-hydroxylation sites is 1. The molecular formula is C16H21N3O2. The Hall–Kier alpha value is -1.88. The first-order valence-electron chi connectivity index (χ1n) is 7.59. The average molecular weight is 287 g/mol. The Kier molecular flexibility index (Phi) is 3.92. The number of rotatable bonds is 3. The minimum atomic E-state index is -0.240. The van der Waals surface area contributed by atoms with Crippen LogP contribution < -0.4 is 4.90 Å². The number of benzene rings is 1. The first-order chi connectivity index (χ1) is 10.2. The summed E-state index contributed by atoms with van der Waals surface area (Å²) in [7, 11) is 0. The van der Waals surface area contributed by atoms with E-state index in [9.17, 15) is 9.59 Å². The molecule has 0 spiro atoms. The van der Waals surface area contributed by atoms with Gasteiger partial charge in [0.15, 0.2) is 0 Å². The van der Waals surface area contributed by atoms with Gasteiger partial charge < -0.3 is 4.90 Å². The zero-order valence-electron chi connectivity index (χ0n) is 12.4. The number of carbonyl (C=O) groups is 2. The second-order valence-corrected chi connectivity index (χ2v) is 5.55. The van der Waals surface area contributed by atoms with Gasteiger partial charge in [0.2, 0.25) is 11.8 Å². The van der Waals surface area contributed by atoms with Gasteiger partial charge in [-0.15, -0.1) is 0 Å². The molecule has 3 rings (SSSR count). The van der Waals surface area contributed by atoms with Gasteiger partial charge in [-0.25, -0.2) is 0 Å². The van der Waals surface area contributed by atoms with Crippen LogP contribution in [0.1, 0.15) is 13.3 Å². The molecule has 0 saturated carbocycles. The average Bonchev–Trinajstić information content (AvgIpc) is 2.82. The van der Waals surface area contributed by atoms with Crippen LogP contribution in [0.25, 0.3) is 0 Å². The third kappa shape index (κ3) is 2.65. The first kappa shape index (κ1) is 14.1. The van der Waals surface area contributed by atoms with E-state index in [1.54, 1.807) is 0 Å². The number of likely N-dealkylation sites (tertiary alicyclic amines) is 1. The Bertz CT molecular complexity index is 524. The predicted octanol–water partition coefficient (Wildman–Crippen LogP) is 0.956. The van der Waals surface area contributed by atoms with Gasteiger partial charge in [0.25, 0.3) is 0 Å². The lowest BCUT2D eigenvalue weighted by Gasteiger charge is -2.38. The van der Waals surface area contributed by atoms with Crippen LogP contribution in [0.3, 0.4) is 0 Å². The highest BCUT2D eigenvalue weighted by Crippen LogP contribution is 2.22. The van der Waals surface area contributed by atoms with Gasteiger partial charge in [-0.2, -0.15) is 0 Å². The molecule has 2 aliphatic rings. The SMILES string of the molecule is CCN1C(=O)CC(N2CCN(c3ccccc3)CC2)C1=O. The molecule has 112 valence electrons. The third-order valence-electron chi connectivity index (χ3n) is 4.41. The lowest BCUT2D eigenvalue weighted by molar-refractivity contribution is -0.139. The minimum absolute atomic E-state index is 0.0179. The monoisotopic (exact) mass is 287 g/mol. The van der Waals surface area contributed by atoms with Crippen LogP contribution in [-0.4, -0.2) is 60.4 Å². The molecule has 2 fully saturated rings. The van der Waals surface area contributed by atoms with E-state index in [0.29, 0.717) is 13.0 Å². The van der Waals surface area contributed by atoms with Gasteiger partial charge in [-0.05, 0) is 19.1 Å². The standard InChI is InChI=1S/C16H21N3O2/c1-2-19-15(20)12-14(16(19)21)18-10-8-17(9-11-18)13-6-4-3-5-7-13/h3-7,14H,2,8-12H2,1H3. The van der Waals surface area contributed by atoms with Crippen molar-refractivity contribution in [2.45, 2.75) is 19.4 Å². The fraction of sp³-hybridized carbons (Fsp3) is 0.500. The summed E-state index contributed by atoms with van der Waals surface area (Å²) in [6, 6.07) is 10.1. The lowest BCUT2D eigenvalue weighted by Crippen LogP contribution is -2.52. The number of likely N-dealkylation sites (N-methyl/N-ethyl adjacent to an activating group) is 1. The maximum Gasteiger partial charge on any atom is 0.247 e. The zero-order valence-corrected chi connectivity index (χ0v) is 12.4. The van der Waals surface area contributed by atoms with Gasteiger partial charge in [0.05, 0.1) is 12.5 Å². The molecule has 21 heavy (non-hydrogen) atoms. The number of imide groups is 1. The molecular weight excluding hydrogens is 266 g/mol. The molecule has 5 heteroatoms. The summed E-state index contributed by atoms with van der Waals surface area (Å²) in [5.41, 5.74) is 1.22. The molecule has 1 unspecified atom stereocenters. The van der Waals surface area contributed by atoms with Crippen molar-refractivity contribution in [3.8, 4) is 0 Å². The number of anilines is 1. The highest BCUT2D eigenvalue weighted by molar-refractivity contribution is 6.05. The molecule has 0 aliphatic carbocycles. The molecule has 2 aliphatic heterocycles. The Morgan fingerprint density at radius 3 is 2.29 bits per heavy atom. The van der Waals surface area contributed by atoms with Crippen LogP contribution in [0, 0.1) is 0 Å². The summed E-state index contributed by atoms with van der Waals surface area (Å²) in [6.45, 7) is 5.79. The van der Waals surface area contributed by atoms with Crippen molar-refractivity contribution in [3.05, 3.63) is 30.3 Å². The summed E-state index contributed by atoms with van der Waals surface area (Å²) in [4.78, 5) is 29.9. The van der Waals surface area contributed by atoms with E-state index < -0.39 is 0 Å². The summed E-state index contributed by atoms with van der Waals surface area (Å²) in [5.74, 6) is -0.0475. The van der Waals surface area contributed by atoms with Crippen LogP contribution in [0.15, 0.2) is 30.3 Å². The lowest BCUT2D eigenvalue weighted by atomic mass is 10.1. The van der Waals surface area contributed by atoms with Crippen LogP contribution in [0.2, 0.25) is 0 Å². The number of carbonyl (C=O) groups excluding carboxylic acids is 2. The molecule has 0 N–H and O–H groups in total. The normalized spacial score (nSPS) is 24.0. The molecule has 1 aromatic carbocycles. The van der Waals surface area contributed by atoms with Gasteiger partial charge >= 0.3 is 0 Å². The molecule has 2 amide bonds. The number of nitrogens with zero attached hydrogens (tertiary/aromatic N) is 3. The number of hydrogen-bond acceptors (Lipinski definition) is 4. The van der Waals surface area contributed by atoms with E-state index in [-0.39, 0.29) is 17.9 Å². The highest BCUT2D eigenvalue weighted by atomic mass is 16.2. The highest BCUT2D eigenvalue weighted by Gasteiger charge is 2.41. The number of hydrogen-bond donors (Lipinski definition) is 0. The Labute approximate surface area is 125 Å². The van der Waals surface area contributed by atoms with Crippen LogP contribution in [0.5, 0.6) is 0 Å². The summed E-state index contributed by atoms with van der Waals surface area (Å²) < 4.78 is 0. The van der Waals surface area contributed by atoms with Crippen molar-refractivity contribution in [1.82, 2.24) is 9.80 Å². The molecule has 2 heterocycles. The first-order valence-corrected chi connectivity index (χ1v) is 7.59. The van der Waals surface area contributed by atoms with E-state index in [0.717, 1.165) is 26.2 Å². The van der Waals surface area contributed by atoms with Crippen LogP contribution >= 0.6 is 0 Å². The Morgan fingerprint density at radius 2 is 1.71 bits per heavy atom. The second-order valence-electron chi connectivity index (χ2n) is 5.55. The van der Waals surface area contributed by atoms with Gasteiger partial charge in [-0.3, -0.25) is 19.4 Å². The summed E-state index contributed by atoms with van der Waals surface area (Å²) in [6.07, 6.45) is 0.345. The van der Waals surface area contributed by atoms with Crippen molar-refractivity contribution in [2.24, 2.45) is 0 Å². The van der Waals surface area contributed by atoms with Crippen molar-refractivity contribution >= 4 is 17.5 Å². The fourth-order valence-corrected chi connectivity index (χ4v) is 3.21. The van der Waals surface area contributed by atoms with E-state index >= 15 is 0 Å². The number of amides is 2. The quantitative estimate of drug-likeness (QED) is 0.777. The minimum Gasteiger partial charge on any atom is -0.369 e. The topological polar surface area (TPSA) is 43.9 Å². The zero-order chi connectivity index (χ0) is 14.8. The molecule has 1 atom stereocenters. The molecule has 0 bridgehead atoms. The molecule has 0 radical (unpaired) electrons. The van der Waals surface area contributed by atoms with Crippen LogP contribution in [-0.2, 0) is 9.59 Å². The molecule has 5 nitrogen and oxygen atoms in total. The maximum absolute atomic E-state index is 12.2. The van der Waals surface area contributed by atoms with E-state index in [1.165, 1.54) is 10.6 Å². The summed E-state index contributed by atoms with van der Waals surface area (Å²) in [5, 5.41) is 0. The molecule has 2 saturated heterocycles. The van der Waals surface area contributed by atoms with Gasteiger partial charge in [0.1, 0.15) is 0 Å². The van der Waals surface area contributed by atoms with Gasteiger partial charge in [-0.1, -0.05) is 18.2 Å². The maximum atomic E-state index is 12.2. The Balaban J connectivity index is 1.62. The smallest absolute Gasteiger partial charge is 0.247 e. The van der Waals surface area contributed by atoms with Crippen molar-refractivity contribution in [2.75, 3.05) is 37.6 Å². The van der Waals surface area contributed by atoms with E-state index in [2.05, 4.69) is 21.9 Å². The van der Waals surface area contributed by atoms with Crippen molar-refractivity contribution in [3.63, 3.8) is 0 Å². The van der Waals surface area contributed by atoms with Crippen LogP contribution in [0.4, 0.5) is 5.69 Å². The number of piperazine rings is 1. The van der Waals surface area contributed by atoms with Gasteiger partial charge in [0, 0.05) is 38.4 Å². The van der Waals surface area contributed by atoms with Crippen molar-refractivity contribution in [1.29, 1.82) is 0 Å². The summed E-state index contributed by atoms with van der Waals surface area (Å²) >= 11 is 0. The second kappa shape index (κ2) is 5.85. The van der Waals surface area contributed by atoms with E-state index in [1.807, 2.05) is 25.1 Å². The fourth-order valence-electron chi connectivity index (χ4n) is 3.21. The van der Waals surface area contributed by atoms with Crippen molar-refractivity contribution < 1.29 is 9.59 Å². The molecule has 0 aromatic heterocycles. The predicted molar refractivity (Wildman–Crippen MR) is 81.0 cm³/mol. The third-order valence-corrected chi connectivity index (χ3v) is 4.41.